The van der Waals surface area contributed by atoms with E-state index in [-0.39, 0.29) is 17.8 Å². The molecule has 0 aromatic carbocycles. The van der Waals surface area contributed by atoms with Crippen LogP contribution in [-0.2, 0) is 0 Å². The number of aromatic nitrogens is 4. The molecule has 10 heteroatoms. The van der Waals surface area contributed by atoms with Crippen molar-refractivity contribution in [2.24, 2.45) is 5.73 Å². The number of piperidine rings is 1. The standard InChI is InChI=1S/C17H18ClFN8/c18-9-4-11-12(6-23-14(11)22-5-9)15-24-7-13(19)16(26-15)25-10-2-1-3-27(8-10)17(20)21/h4-7,10H,1-3,8H2,(H3,20,21)(H,22,23)(H,24,25,26)/t10-/m0/s1. The van der Waals surface area contributed by atoms with Gasteiger partial charge in [0.15, 0.2) is 23.4 Å². The minimum atomic E-state index is -0.533. The van der Waals surface area contributed by atoms with E-state index in [9.17, 15) is 4.39 Å². The number of pyridine rings is 1. The minimum Gasteiger partial charge on any atom is -0.370 e. The topological polar surface area (TPSA) is 120 Å². The van der Waals surface area contributed by atoms with Crippen LogP contribution in [0.3, 0.4) is 0 Å². The first-order chi connectivity index (χ1) is 13.0. The Balaban J connectivity index is 1.63. The van der Waals surface area contributed by atoms with E-state index >= 15 is 0 Å². The molecule has 0 radical (unpaired) electrons. The molecule has 0 saturated carbocycles. The average molecular weight is 389 g/mol. The van der Waals surface area contributed by atoms with Crippen LogP contribution < -0.4 is 11.1 Å². The minimum absolute atomic E-state index is 0.0218. The molecule has 0 unspecified atom stereocenters. The number of nitrogens with one attached hydrogen (secondary N) is 3. The Morgan fingerprint density at radius 3 is 3.07 bits per heavy atom. The highest BCUT2D eigenvalue weighted by molar-refractivity contribution is 6.31. The summed E-state index contributed by atoms with van der Waals surface area (Å²) in [6.45, 7) is 1.26. The molecule has 8 nitrogen and oxygen atoms in total. The third-order valence-electron chi connectivity index (χ3n) is 4.59. The number of fused-ring (bicyclic) bond motifs is 1. The number of aromatic amines is 1. The number of H-pyrrole nitrogens is 1. The number of hydrogen-bond donors (Lipinski definition) is 4. The lowest BCUT2D eigenvalue weighted by atomic mass is 10.1. The summed E-state index contributed by atoms with van der Waals surface area (Å²) in [5.74, 6) is -0.0172. The van der Waals surface area contributed by atoms with E-state index < -0.39 is 5.82 Å². The fraction of sp³-hybridized carbons (Fsp3) is 0.294. The van der Waals surface area contributed by atoms with Gasteiger partial charge in [0.25, 0.3) is 0 Å². The zero-order valence-electron chi connectivity index (χ0n) is 14.3. The number of guanidine groups is 1. The molecule has 5 N–H and O–H groups in total. The Bertz CT molecular complexity index is 1000. The van der Waals surface area contributed by atoms with Gasteiger partial charge in [0.05, 0.1) is 11.2 Å². The quantitative estimate of drug-likeness (QED) is 0.404. The van der Waals surface area contributed by atoms with Crippen molar-refractivity contribution in [2.75, 3.05) is 18.4 Å². The summed E-state index contributed by atoms with van der Waals surface area (Å²) in [7, 11) is 0. The predicted octanol–water partition coefficient (Wildman–Crippen LogP) is 2.58. The SMILES string of the molecule is N=C(N)N1CCC[C@H](Nc2nc(-c3c[nH]c4ncc(Cl)cc34)ncc2F)C1. The molecule has 3 aromatic heterocycles. The van der Waals surface area contributed by atoms with Gasteiger partial charge in [0.1, 0.15) is 5.65 Å². The molecular formula is C17H18ClFN8. The second-order valence-corrected chi connectivity index (χ2v) is 6.89. The van der Waals surface area contributed by atoms with E-state index in [4.69, 9.17) is 22.7 Å². The highest BCUT2D eigenvalue weighted by atomic mass is 35.5. The molecule has 4 heterocycles. The van der Waals surface area contributed by atoms with Crippen LogP contribution in [0.5, 0.6) is 0 Å². The van der Waals surface area contributed by atoms with Crippen molar-refractivity contribution in [3.63, 3.8) is 0 Å². The normalized spacial score (nSPS) is 17.3. The predicted molar refractivity (Wildman–Crippen MR) is 102 cm³/mol. The van der Waals surface area contributed by atoms with Crippen LogP contribution in [0, 0.1) is 11.2 Å². The first-order valence-electron chi connectivity index (χ1n) is 8.52. The molecule has 140 valence electrons. The van der Waals surface area contributed by atoms with Gasteiger partial charge in [-0.25, -0.2) is 19.3 Å². The maximum Gasteiger partial charge on any atom is 0.188 e. The number of likely N-dealkylation sites (tertiary alicyclic amines) is 1. The molecule has 0 aliphatic carbocycles. The summed E-state index contributed by atoms with van der Waals surface area (Å²) in [4.78, 5) is 17.5. The molecule has 27 heavy (non-hydrogen) atoms. The van der Waals surface area contributed by atoms with Crippen molar-refractivity contribution in [3.8, 4) is 11.4 Å². The molecule has 3 aromatic rings. The molecule has 1 saturated heterocycles. The number of halogens is 2. The molecule has 1 fully saturated rings. The van der Waals surface area contributed by atoms with Crippen LogP contribution in [0.4, 0.5) is 10.2 Å². The summed E-state index contributed by atoms with van der Waals surface area (Å²) in [6.07, 6.45) is 6.13. The van der Waals surface area contributed by atoms with Crippen molar-refractivity contribution in [1.29, 1.82) is 5.41 Å². The van der Waals surface area contributed by atoms with E-state index in [0.29, 0.717) is 28.6 Å². The lowest BCUT2D eigenvalue weighted by Gasteiger charge is -2.33. The molecule has 0 amide bonds. The first-order valence-corrected chi connectivity index (χ1v) is 8.90. The van der Waals surface area contributed by atoms with Crippen LogP contribution in [0.15, 0.2) is 24.7 Å². The van der Waals surface area contributed by atoms with Gasteiger partial charge < -0.3 is 20.9 Å². The lowest BCUT2D eigenvalue weighted by Crippen LogP contribution is -2.47. The largest absolute Gasteiger partial charge is 0.370 e. The van der Waals surface area contributed by atoms with Gasteiger partial charge in [-0.15, -0.1) is 0 Å². The van der Waals surface area contributed by atoms with Crippen molar-refractivity contribution >= 4 is 34.4 Å². The van der Waals surface area contributed by atoms with E-state index in [1.165, 1.54) is 0 Å². The van der Waals surface area contributed by atoms with Gasteiger partial charge >= 0.3 is 0 Å². The van der Waals surface area contributed by atoms with E-state index in [1.807, 2.05) is 0 Å². The van der Waals surface area contributed by atoms with Crippen LogP contribution in [0.25, 0.3) is 22.4 Å². The van der Waals surface area contributed by atoms with Gasteiger partial charge in [-0.3, -0.25) is 5.41 Å². The number of hydrogen-bond acceptors (Lipinski definition) is 5. The molecule has 1 atom stereocenters. The van der Waals surface area contributed by atoms with Crippen molar-refractivity contribution < 1.29 is 4.39 Å². The van der Waals surface area contributed by atoms with Gasteiger partial charge in [-0.2, -0.15) is 0 Å². The van der Waals surface area contributed by atoms with Crippen LogP contribution in [0.2, 0.25) is 5.02 Å². The summed E-state index contributed by atoms with van der Waals surface area (Å²) < 4.78 is 14.3. The van der Waals surface area contributed by atoms with Gasteiger partial charge in [0, 0.05) is 42.5 Å². The molecule has 1 aliphatic rings. The summed E-state index contributed by atoms with van der Waals surface area (Å²) >= 11 is 6.04. The summed E-state index contributed by atoms with van der Waals surface area (Å²) in [5, 5.41) is 12.0. The Morgan fingerprint density at radius 2 is 2.26 bits per heavy atom. The fourth-order valence-electron chi connectivity index (χ4n) is 3.27. The number of anilines is 1. The van der Waals surface area contributed by atoms with E-state index in [2.05, 4.69) is 25.3 Å². The maximum atomic E-state index is 14.3. The van der Waals surface area contributed by atoms with Crippen LogP contribution >= 0.6 is 11.6 Å². The van der Waals surface area contributed by atoms with Crippen molar-refractivity contribution in [3.05, 3.63) is 35.5 Å². The van der Waals surface area contributed by atoms with E-state index in [1.54, 1.807) is 23.4 Å². The smallest absolute Gasteiger partial charge is 0.188 e. The zero-order valence-corrected chi connectivity index (χ0v) is 15.1. The summed E-state index contributed by atoms with van der Waals surface area (Å²) in [5.41, 5.74) is 6.91. The van der Waals surface area contributed by atoms with Gasteiger partial charge in [-0.1, -0.05) is 11.6 Å². The Kier molecular flexibility index (Phi) is 4.53. The average Bonchev–Trinajstić information content (AvgIpc) is 3.07. The molecule has 1 aliphatic heterocycles. The third kappa shape index (κ3) is 3.50. The number of nitrogens with zero attached hydrogens (tertiary/aromatic N) is 4. The van der Waals surface area contributed by atoms with Crippen LogP contribution in [-0.4, -0.2) is 49.9 Å². The fourth-order valence-corrected chi connectivity index (χ4v) is 3.43. The Morgan fingerprint density at radius 1 is 1.41 bits per heavy atom. The van der Waals surface area contributed by atoms with Gasteiger partial charge in [-0.05, 0) is 18.9 Å². The second-order valence-electron chi connectivity index (χ2n) is 6.46. The van der Waals surface area contributed by atoms with Crippen molar-refractivity contribution in [2.45, 2.75) is 18.9 Å². The number of rotatable bonds is 3. The number of nitrogens with two attached hydrogens (primary N) is 1. The summed E-state index contributed by atoms with van der Waals surface area (Å²) in [6, 6.07) is 1.71. The maximum absolute atomic E-state index is 14.3. The monoisotopic (exact) mass is 388 g/mol. The highest BCUT2D eigenvalue weighted by Crippen LogP contribution is 2.28. The zero-order chi connectivity index (χ0) is 19.0. The lowest BCUT2D eigenvalue weighted by molar-refractivity contribution is 0.316. The molecular weight excluding hydrogens is 371 g/mol. The molecule has 0 bridgehead atoms. The van der Waals surface area contributed by atoms with Crippen LogP contribution in [0.1, 0.15) is 12.8 Å². The van der Waals surface area contributed by atoms with Crippen molar-refractivity contribution in [1.82, 2.24) is 24.8 Å². The Hall–Kier alpha value is -2.94. The second kappa shape index (κ2) is 6.99. The van der Waals surface area contributed by atoms with E-state index in [0.717, 1.165) is 31.0 Å². The highest BCUT2D eigenvalue weighted by Gasteiger charge is 2.22. The molecule has 0 spiro atoms. The first kappa shape index (κ1) is 17.5. The molecule has 4 rings (SSSR count). The Labute approximate surface area is 159 Å². The van der Waals surface area contributed by atoms with Gasteiger partial charge in [0.2, 0.25) is 0 Å². The third-order valence-corrected chi connectivity index (χ3v) is 4.79.